The molecule has 35 heavy (non-hydrogen) atoms. The van der Waals surface area contributed by atoms with Crippen LogP contribution in [0.1, 0.15) is 165 Å². The molecule has 0 atom stereocenters. The maximum Gasteiger partial charge on any atom is 0.343 e. The Kier molecular flexibility index (Phi) is 13.2. The van der Waals surface area contributed by atoms with Gasteiger partial charge in [0.1, 0.15) is 17.1 Å². The molecule has 0 aromatic heterocycles. The molecule has 4 heteroatoms. The van der Waals surface area contributed by atoms with E-state index in [1.807, 2.05) is 41.5 Å². The van der Waals surface area contributed by atoms with Crippen molar-refractivity contribution in [3.05, 3.63) is 22.3 Å². The van der Waals surface area contributed by atoms with Crippen LogP contribution in [0.3, 0.4) is 0 Å². The Balaban J connectivity index is 2.67. The summed E-state index contributed by atoms with van der Waals surface area (Å²) >= 11 is 0. The summed E-state index contributed by atoms with van der Waals surface area (Å²) in [5.41, 5.74) is 0.994. The fraction of sp³-hybridized carbons (Fsp3) is 0.774. The van der Waals surface area contributed by atoms with E-state index in [2.05, 4.69) is 6.92 Å². The molecule has 0 aliphatic carbocycles. The van der Waals surface area contributed by atoms with Crippen molar-refractivity contribution in [2.24, 2.45) is 0 Å². The zero-order chi connectivity index (χ0) is 26.6. The molecule has 0 bridgehead atoms. The molecule has 202 valence electrons. The molecule has 1 rings (SSSR count). The third-order valence-electron chi connectivity index (χ3n) is 7.04. The predicted octanol–water partition coefficient (Wildman–Crippen LogP) is 9.41. The number of aromatic hydroxyl groups is 2. The number of benzene rings is 1. The Morgan fingerprint density at radius 3 is 1.20 bits per heavy atom. The number of rotatable bonds is 16. The van der Waals surface area contributed by atoms with Crippen LogP contribution in [0.4, 0.5) is 0 Å². The van der Waals surface area contributed by atoms with Crippen LogP contribution in [0.15, 0.2) is 0 Å². The molecule has 0 aliphatic heterocycles. The maximum absolute atomic E-state index is 11.9. The fourth-order valence-electron chi connectivity index (χ4n) is 5.34. The first-order chi connectivity index (χ1) is 16.3. The second-order valence-electron chi connectivity index (χ2n) is 12.5. The Morgan fingerprint density at radius 1 is 0.600 bits per heavy atom. The highest BCUT2D eigenvalue weighted by Crippen LogP contribution is 2.48. The van der Waals surface area contributed by atoms with Crippen molar-refractivity contribution in [3.8, 4) is 11.5 Å². The zero-order valence-electron chi connectivity index (χ0n) is 23.9. The number of carboxylic acids is 1. The number of phenols is 2. The Hall–Kier alpha value is -1.71. The average Bonchev–Trinajstić information content (AvgIpc) is 2.71. The topological polar surface area (TPSA) is 77.8 Å². The fourth-order valence-corrected chi connectivity index (χ4v) is 5.34. The molecule has 0 fully saturated rings. The van der Waals surface area contributed by atoms with Crippen LogP contribution in [-0.4, -0.2) is 21.3 Å². The smallest absolute Gasteiger partial charge is 0.343 e. The standard InChI is InChI=1S/C31H54O4/c1-8-9-10-11-12-13-14-15-16-17-18-19-20-21-22-23-25(30(2,3)4)27(32)24(29(34)35)28(33)26(23)31(5,6)7/h32-33H,8-22H2,1-7H3,(H,34,35). The van der Waals surface area contributed by atoms with Crippen molar-refractivity contribution >= 4 is 5.97 Å². The van der Waals surface area contributed by atoms with E-state index in [1.165, 1.54) is 77.0 Å². The van der Waals surface area contributed by atoms with Gasteiger partial charge in [-0.1, -0.05) is 132 Å². The van der Waals surface area contributed by atoms with Crippen molar-refractivity contribution in [2.45, 2.75) is 156 Å². The van der Waals surface area contributed by atoms with E-state index in [4.69, 9.17) is 0 Å². The zero-order valence-corrected chi connectivity index (χ0v) is 23.9. The summed E-state index contributed by atoms with van der Waals surface area (Å²) < 4.78 is 0. The lowest BCUT2D eigenvalue weighted by molar-refractivity contribution is 0.0689. The summed E-state index contributed by atoms with van der Waals surface area (Å²) in [5, 5.41) is 31.5. The van der Waals surface area contributed by atoms with E-state index in [1.54, 1.807) is 0 Å². The lowest BCUT2D eigenvalue weighted by Gasteiger charge is -2.32. The summed E-state index contributed by atoms with van der Waals surface area (Å²) in [4.78, 5) is 11.9. The first kappa shape index (κ1) is 31.3. The number of carboxylic acid groups (broad SMARTS) is 1. The molecule has 3 N–H and O–H groups in total. The molecule has 0 saturated carbocycles. The van der Waals surface area contributed by atoms with Crippen LogP contribution in [0.5, 0.6) is 11.5 Å². The van der Waals surface area contributed by atoms with Crippen molar-refractivity contribution in [2.75, 3.05) is 0 Å². The van der Waals surface area contributed by atoms with E-state index in [9.17, 15) is 20.1 Å². The summed E-state index contributed by atoms with van der Waals surface area (Å²) in [6.45, 7) is 14.2. The van der Waals surface area contributed by atoms with Gasteiger partial charge in [-0.3, -0.25) is 0 Å². The first-order valence-corrected chi connectivity index (χ1v) is 14.2. The van der Waals surface area contributed by atoms with E-state index in [0.29, 0.717) is 11.1 Å². The quantitative estimate of drug-likeness (QED) is 0.202. The normalized spacial score (nSPS) is 12.3. The second kappa shape index (κ2) is 14.8. The van der Waals surface area contributed by atoms with Gasteiger partial charge in [0, 0.05) is 11.1 Å². The number of hydrogen-bond acceptors (Lipinski definition) is 3. The number of carbonyl (C=O) groups is 1. The number of aromatic carboxylic acids is 1. The molecular weight excluding hydrogens is 436 g/mol. The van der Waals surface area contributed by atoms with Crippen molar-refractivity contribution in [1.29, 1.82) is 0 Å². The Bertz CT molecular complexity index is 740. The van der Waals surface area contributed by atoms with Gasteiger partial charge in [0.2, 0.25) is 0 Å². The van der Waals surface area contributed by atoms with Crippen molar-refractivity contribution < 1.29 is 20.1 Å². The Labute approximate surface area is 215 Å². The second-order valence-corrected chi connectivity index (χ2v) is 12.5. The van der Waals surface area contributed by atoms with Gasteiger partial charge in [0.15, 0.2) is 0 Å². The molecule has 4 nitrogen and oxygen atoms in total. The Morgan fingerprint density at radius 2 is 0.914 bits per heavy atom. The predicted molar refractivity (Wildman–Crippen MR) is 148 cm³/mol. The van der Waals surface area contributed by atoms with Gasteiger partial charge in [-0.2, -0.15) is 0 Å². The first-order valence-electron chi connectivity index (χ1n) is 14.2. The minimum absolute atomic E-state index is 0.282. The highest BCUT2D eigenvalue weighted by molar-refractivity contribution is 5.96. The van der Waals surface area contributed by atoms with Crippen LogP contribution in [-0.2, 0) is 17.3 Å². The minimum atomic E-state index is -1.29. The molecule has 1 aromatic rings. The third-order valence-corrected chi connectivity index (χ3v) is 7.04. The van der Waals surface area contributed by atoms with Crippen molar-refractivity contribution in [3.63, 3.8) is 0 Å². The average molecular weight is 491 g/mol. The summed E-state index contributed by atoms with van der Waals surface area (Å²) in [6, 6.07) is 0. The van der Waals surface area contributed by atoms with Gasteiger partial charge < -0.3 is 15.3 Å². The molecular formula is C31H54O4. The molecule has 0 spiro atoms. The van der Waals surface area contributed by atoms with Crippen LogP contribution in [0.2, 0.25) is 0 Å². The molecule has 0 saturated heterocycles. The van der Waals surface area contributed by atoms with Crippen LogP contribution >= 0.6 is 0 Å². The highest BCUT2D eigenvalue weighted by atomic mass is 16.4. The van der Waals surface area contributed by atoms with Crippen LogP contribution < -0.4 is 0 Å². The van der Waals surface area contributed by atoms with Gasteiger partial charge >= 0.3 is 5.97 Å². The molecule has 0 radical (unpaired) electrons. The van der Waals surface area contributed by atoms with E-state index in [0.717, 1.165) is 24.8 Å². The third kappa shape index (κ3) is 10.1. The van der Waals surface area contributed by atoms with Gasteiger partial charge in [0.05, 0.1) is 0 Å². The van der Waals surface area contributed by atoms with E-state index in [-0.39, 0.29) is 17.1 Å². The molecule has 0 heterocycles. The SMILES string of the molecule is CCCCCCCCCCCCCCCCc1c(C(C)(C)C)c(O)c(C(=O)O)c(O)c1C(C)(C)C. The summed E-state index contributed by atoms with van der Waals surface area (Å²) in [6.07, 6.45) is 18.9. The van der Waals surface area contributed by atoms with Crippen molar-refractivity contribution in [1.82, 2.24) is 0 Å². The lowest BCUT2D eigenvalue weighted by Crippen LogP contribution is -2.23. The van der Waals surface area contributed by atoms with Gasteiger partial charge in [-0.25, -0.2) is 4.79 Å². The van der Waals surface area contributed by atoms with E-state index < -0.39 is 16.8 Å². The summed E-state index contributed by atoms with van der Waals surface area (Å²) in [7, 11) is 0. The van der Waals surface area contributed by atoms with E-state index >= 15 is 0 Å². The number of unbranched alkanes of at least 4 members (excludes halogenated alkanes) is 13. The highest BCUT2D eigenvalue weighted by Gasteiger charge is 2.35. The molecule has 1 aromatic carbocycles. The monoisotopic (exact) mass is 490 g/mol. The van der Waals surface area contributed by atoms with Crippen LogP contribution in [0.25, 0.3) is 0 Å². The molecule has 0 aliphatic rings. The molecule has 0 amide bonds. The summed E-state index contributed by atoms with van der Waals surface area (Å²) in [5.74, 6) is -1.86. The van der Waals surface area contributed by atoms with Crippen LogP contribution in [0, 0.1) is 0 Å². The lowest BCUT2D eigenvalue weighted by atomic mass is 9.72. The van der Waals surface area contributed by atoms with Gasteiger partial charge in [0.25, 0.3) is 0 Å². The molecule has 0 unspecified atom stereocenters. The van der Waals surface area contributed by atoms with Gasteiger partial charge in [-0.05, 0) is 29.2 Å². The largest absolute Gasteiger partial charge is 0.507 e. The number of hydrogen-bond donors (Lipinski definition) is 3. The van der Waals surface area contributed by atoms with Gasteiger partial charge in [-0.15, -0.1) is 0 Å². The minimum Gasteiger partial charge on any atom is -0.507 e. The maximum atomic E-state index is 11.9.